The number of carbonyl (C=O) groups excluding carboxylic acids is 1. The number of hydrogen-bond donors (Lipinski definition) is 0. The summed E-state index contributed by atoms with van der Waals surface area (Å²) < 4.78 is 5.35. The lowest BCUT2D eigenvalue weighted by Crippen LogP contribution is -2.60. The molecule has 4 saturated heterocycles. The standard InChI is InChI=1S/C25H30N2O2/c1-16-5-4-6-21(17(16)2)25(28)27-15-22(18-7-9-20(29-3)10-8-18)24-23(27)19-11-13-26(24)14-12-19/h4-10,19,22-24H,11-15H2,1-3H3/t22-,23+,24+/m0/s1. The van der Waals surface area contributed by atoms with E-state index in [4.69, 9.17) is 4.74 Å². The third kappa shape index (κ3) is 2.96. The Kier molecular flexibility index (Phi) is 4.62. The lowest BCUT2D eigenvalue weighted by molar-refractivity contribution is -0.00343. The molecule has 0 saturated carbocycles. The van der Waals surface area contributed by atoms with Crippen molar-refractivity contribution < 1.29 is 9.53 Å². The van der Waals surface area contributed by atoms with Crippen LogP contribution in [-0.2, 0) is 0 Å². The highest BCUT2D eigenvalue weighted by Gasteiger charge is 2.54. The minimum Gasteiger partial charge on any atom is -0.497 e. The van der Waals surface area contributed by atoms with Crippen molar-refractivity contribution >= 4 is 5.91 Å². The van der Waals surface area contributed by atoms with E-state index in [0.29, 0.717) is 23.9 Å². The summed E-state index contributed by atoms with van der Waals surface area (Å²) in [6.07, 6.45) is 2.43. The molecule has 152 valence electrons. The van der Waals surface area contributed by atoms with Crippen LogP contribution in [0, 0.1) is 19.8 Å². The van der Waals surface area contributed by atoms with Gasteiger partial charge in [0.25, 0.3) is 5.91 Å². The zero-order valence-electron chi connectivity index (χ0n) is 17.6. The van der Waals surface area contributed by atoms with Crippen LogP contribution in [0.5, 0.6) is 5.75 Å². The molecule has 0 N–H and O–H groups in total. The van der Waals surface area contributed by atoms with Gasteiger partial charge in [0, 0.05) is 24.1 Å². The van der Waals surface area contributed by atoms with Gasteiger partial charge in [-0.25, -0.2) is 0 Å². The largest absolute Gasteiger partial charge is 0.497 e. The molecule has 3 atom stereocenters. The predicted molar refractivity (Wildman–Crippen MR) is 115 cm³/mol. The Bertz CT molecular complexity index is 915. The Morgan fingerprint density at radius 1 is 1.00 bits per heavy atom. The monoisotopic (exact) mass is 390 g/mol. The van der Waals surface area contributed by atoms with Gasteiger partial charge in [0.2, 0.25) is 0 Å². The van der Waals surface area contributed by atoms with E-state index in [0.717, 1.165) is 23.4 Å². The van der Waals surface area contributed by atoms with Crippen LogP contribution in [0.1, 0.15) is 45.8 Å². The number of piperidine rings is 3. The SMILES string of the molecule is COc1ccc([C@@H]2CN(C(=O)c3cccc(C)c3C)[C@@H]3C4CCN(CC4)[C@@H]32)cc1. The van der Waals surface area contributed by atoms with Crippen LogP contribution in [0.4, 0.5) is 0 Å². The molecule has 4 aliphatic rings. The third-order valence-electron chi connectivity index (χ3n) is 7.63. The number of rotatable bonds is 3. The molecule has 0 aliphatic carbocycles. The fraction of sp³-hybridized carbons (Fsp3) is 0.480. The van der Waals surface area contributed by atoms with Gasteiger partial charge in [-0.2, -0.15) is 0 Å². The smallest absolute Gasteiger partial charge is 0.254 e. The summed E-state index contributed by atoms with van der Waals surface area (Å²) in [6, 6.07) is 15.4. The van der Waals surface area contributed by atoms with Crippen molar-refractivity contribution in [1.82, 2.24) is 9.80 Å². The van der Waals surface area contributed by atoms with E-state index in [2.05, 4.69) is 54.0 Å². The number of likely N-dealkylation sites (tertiary alicyclic amines) is 1. The first-order chi connectivity index (χ1) is 14.1. The molecule has 29 heavy (non-hydrogen) atoms. The van der Waals surface area contributed by atoms with Gasteiger partial charge in [-0.05, 0) is 80.6 Å². The fourth-order valence-corrected chi connectivity index (χ4v) is 5.94. The van der Waals surface area contributed by atoms with Gasteiger partial charge in [-0.15, -0.1) is 0 Å². The van der Waals surface area contributed by atoms with E-state index in [9.17, 15) is 4.79 Å². The van der Waals surface area contributed by atoms with Crippen LogP contribution in [0.25, 0.3) is 0 Å². The molecule has 0 radical (unpaired) electrons. The molecule has 4 nitrogen and oxygen atoms in total. The predicted octanol–water partition coefficient (Wildman–Crippen LogP) is 4.01. The van der Waals surface area contributed by atoms with Crippen molar-refractivity contribution in [1.29, 1.82) is 0 Å². The maximum atomic E-state index is 13.7. The molecule has 2 bridgehead atoms. The average molecular weight is 391 g/mol. The number of amides is 1. The number of aryl methyl sites for hydroxylation is 1. The quantitative estimate of drug-likeness (QED) is 0.794. The second-order valence-corrected chi connectivity index (χ2v) is 8.94. The van der Waals surface area contributed by atoms with E-state index in [1.165, 1.54) is 37.1 Å². The molecule has 1 amide bonds. The summed E-state index contributed by atoms with van der Waals surface area (Å²) in [5.74, 6) is 2.09. The van der Waals surface area contributed by atoms with Crippen LogP contribution in [-0.4, -0.2) is 54.5 Å². The molecule has 0 spiro atoms. The van der Waals surface area contributed by atoms with Crippen LogP contribution >= 0.6 is 0 Å². The second kappa shape index (κ2) is 7.17. The Hall–Kier alpha value is -2.33. The molecule has 4 heteroatoms. The Morgan fingerprint density at radius 3 is 2.41 bits per heavy atom. The van der Waals surface area contributed by atoms with Crippen molar-refractivity contribution in [3.05, 3.63) is 64.7 Å². The van der Waals surface area contributed by atoms with Gasteiger partial charge in [-0.1, -0.05) is 24.3 Å². The van der Waals surface area contributed by atoms with Gasteiger partial charge in [0.05, 0.1) is 13.2 Å². The van der Waals surface area contributed by atoms with Crippen LogP contribution in [0.15, 0.2) is 42.5 Å². The maximum Gasteiger partial charge on any atom is 0.254 e. The number of carbonyl (C=O) groups is 1. The van der Waals surface area contributed by atoms with Crippen molar-refractivity contribution in [3.8, 4) is 5.75 Å². The Balaban J connectivity index is 1.52. The van der Waals surface area contributed by atoms with E-state index < -0.39 is 0 Å². The van der Waals surface area contributed by atoms with Crippen LogP contribution in [0.3, 0.4) is 0 Å². The van der Waals surface area contributed by atoms with Crippen molar-refractivity contribution in [3.63, 3.8) is 0 Å². The van der Waals surface area contributed by atoms with Crippen molar-refractivity contribution in [2.45, 2.75) is 44.7 Å². The summed E-state index contributed by atoms with van der Waals surface area (Å²) in [7, 11) is 1.71. The van der Waals surface area contributed by atoms with E-state index in [-0.39, 0.29) is 5.91 Å². The first kappa shape index (κ1) is 18.7. The maximum absolute atomic E-state index is 13.7. The van der Waals surface area contributed by atoms with E-state index in [1.807, 2.05) is 12.1 Å². The topological polar surface area (TPSA) is 32.8 Å². The summed E-state index contributed by atoms with van der Waals surface area (Å²) in [5.41, 5.74) is 4.50. The van der Waals surface area contributed by atoms with Crippen LogP contribution in [0.2, 0.25) is 0 Å². The highest BCUT2D eigenvalue weighted by molar-refractivity contribution is 5.96. The zero-order chi connectivity index (χ0) is 20.1. The minimum atomic E-state index is 0.214. The van der Waals surface area contributed by atoms with Gasteiger partial charge in [-0.3, -0.25) is 9.69 Å². The number of fused-ring (bicyclic) bond motifs is 2. The first-order valence-electron chi connectivity index (χ1n) is 10.8. The highest BCUT2D eigenvalue weighted by atomic mass is 16.5. The molecule has 6 rings (SSSR count). The van der Waals surface area contributed by atoms with Crippen molar-refractivity contribution in [2.24, 2.45) is 5.92 Å². The van der Waals surface area contributed by atoms with Gasteiger partial charge < -0.3 is 9.64 Å². The van der Waals surface area contributed by atoms with E-state index >= 15 is 0 Å². The molecular weight excluding hydrogens is 360 g/mol. The molecule has 2 aromatic rings. The van der Waals surface area contributed by atoms with Gasteiger partial charge in [0.1, 0.15) is 5.75 Å². The van der Waals surface area contributed by atoms with Crippen LogP contribution < -0.4 is 4.74 Å². The lowest BCUT2D eigenvalue weighted by Gasteiger charge is -2.51. The first-order valence-corrected chi connectivity index (χ1v) is 10.8. The Labute approximate surface area is 173 Å². The van der Waals surface area contributed by atoms with Gasteiger partial charge in [0.15, 0.2) is 0 Å². The minimum absolute atomic E-state index is 0.214. The highest BCUT2D eigenvalue weighted by Crippen LogP contribution is 2.47. The number of hydrogen-bond acceptors (Lipinski definition) is 3. The number of methoxy groups -OCH3 is 1. The third-order valence-corrected chi connectivity index (χ3v) is 7.63. The number of benzene rings is 2. The lowest BCUT2D eigenvalue weighted by atomic mass is 9.75. The number of nitrogens with zero attached hydrogens (tertiary/aromatic N) is 2. The summed E-state index contributed by atoms with van der Waals surface area (Å²) in [6.45, 7) is 7.32. The van der Waals surface area contributed by atoms with E-state index in [1.54, 1.807) is 7.11 Å². The average Bonchev–Trinajstić information content (AvgIpc) is 3.19. The molecule has 4 fully saturated rings. The van der Waals surface area contributed by atoms with Crippen molar-refractivity contribution in [2.75, 3.05) is 26.7 Å². The molecule has 4 aliphatic heterocycles. The molecule has 2 aromatic carbocycles. The second-order valence-electron chi connectivity index (χ2n) is 8.94. The summed E-state index contributed by atoms with van der Waals surface area (Å²) in [4.78, 5) is 18.6. The Morgan fingerprint density at radius 2 is 1.72 bits per heavy atom. The molecule has 0 aromatic heterocycles. The molecule has 4 heterocycles. The molecule has 0 unspecified atom stereocenters. The molecular formula is C25H30N2O2. The number of ether oxygens (including phenoxy) is 1. The summed E-state index contributed by atoms with van der Waals surface area (Å²) >= 11 is 0. The zero-order valence-corrected chi connectivity index (χ0v) is 17.6. The van der Waals surface area contributed by atoms with Gasteiger partial charge >= 0.3 is 0 Å². The summed E-state index contributed by atoms with van der Waals surface area (Å²) in [5, 5.41) is 0. The normalized spacial score (nSPS) is 30.3. The fourth-order valence-electron chi connectivity index (χ4n) is 5.94.